The van der Waals surface area contributed by atoms with Crippen molar-refractivity contribution < 1.29 is 9.13 Å². The predicted octanol–water partition coefficient (Wildman–Crippen LogP) is 2.51. The standard InChI is InChI=1S/C13H15FN4O/c1-3-16-13-17-8-11(14)12(18-13)9-5-10(19-4-2)7-15-6-9/h5-8H,3-4H2,1-2H3,(H,16,17,18). The van der Waals surface area contributed by atoms with Crippen LogP contribution in [0, 0.1) is 5.82 Å². The molecule has 1 N–H and O–H groups in total. The van der Waals surface area contributed by atoms with E-state index < -0.39 is 5.82 Å². The van der Waals surface area contributed by atoms with Crippen LogP contribution in [0.2, 0.25) is 0 Å². The molecule has 0 aliphatic heterocycles. The Balaban J connectivity index is 2.39. The normalized spacial score (nSPS) is 10.3. The van der Waals surface area contributed by atoms with Crippen molar-refractivity contribution >= 4 is 5.95 Å². The van der Waals surface area contributed by atoms with Gasteiger partial charge in [-0.1, -0.05) is 0 Å². The first-order valence-corrected chi connectivity index (χ1v) is 6.09. The van der Waals surface area contributed by atoms with Gasteiger partial charge in [0.2, 0.25) is 5.95 Å². The van der Waals surface area contributed by atoms with Crippen molar-refractivity contribution in [1.82, 2.24) is 15.0 Å². The van der Waals surface area contributed by atoms with Crippen molar-refractivity contribution in [1.29, 1.82) is 0 Å². The number of anilines is 1. The summed E-state index contributed by atoms with van der Waals surface area (Å²) in [4.78, 5) is 12.0. The average molecular weight is 262 g/mol. The fraction of sp³-hybridized carbons (Fsp3) is 0.308. The predicted molar refractivity (Wildman–Crippen MR) is 70.6 cm³/mol. The van der Waals surface area contributed by atoms with Gasteiger partial charge in [-0.3, -0.25) is 4.98 Å². The quantitative estimate of drug-likeness (QED) is 0.897. The molecule has 2 aromatic rings. The van der Waals surface area contributed by atoms with Crippen LogP contribution in [-0.4, -0.2) is 28.1 Å². The van der Waals surface area contributed by atoms with E-state index in [-0.39, 0.29) is 5.69 Å². The van der Waals surface area contributed by atoms with Crippen LogP contribution in [0.3, 0.4) is 0 Å². The Labute approximate surface area is 110 Å². The lowest BCUT2D eigenvalue weighted by atomic mass is 10.2. The molecule has 0 radical (unpaired) electrons. The first kappa shape index (κ1) is 13.2. The smallest absolute Gasteiger partial charge is 0.223 e. The van der Waals surface area contributed by atoms with Gasteiger partial charge in [-0.25, -0.2) is 14.4 Å². The van der Waals surface area contributed by atoms with Crippen LogP contribution in [0.1, 0.15) is 13.8 Å². The first-order valence-electron chi connectivity index (χ1n) is 6.09. The van der Waals surface area contributed by atoms with Crippen LogP contribution in [0.4, 0.5) is 10.3 Å². The molecule has 0 amide bonds. The Kier molecular flexibility index (Phi) is 4.22. The van der Waals surface area contributed by atoms with E-state index >= 15 is 0 Å². The second-order valence-corrected chi connectivity index (χ2v) is 3.76. The second-order valence-electron chi connectivity index (χ2n) is 3.76. The van der Waals surface area contributed by atoms with Gasteiger partial charge < -0.3 is 10.1 Å². The summed E-state index contributed by atoms with van der Waals surface area (Å²) >= 11 is 0. The largest absolute Gasteiger partial charge is 0.492 e. The minimum atomic E-state index is -0.489. The number of hydrogen-bond donors (Lipinski definition) is 1. The maximum absolute atomic E-state index is 13.8. The Bertz CT molecular complexity index is 562. The third kappa shape index (κ3) is 3.15. The summed E-state index contributed by atoms with van der Waals surface area (Å²) < 4.78 is 19.1. The van der Waals surface area contributed by atoms with Gasteiger partial charge in [0.15, 0.2) is 5.82 Å². The Morgan fingerprint density at radius 3 is 2.84 bits per heavy atom. The molecule has 0 saturated carbocycles. The van der Waals surface area contributed by atoms with Crippen molar-refractivity contribution in [3.05, 3.63) is 30.5 Å². The van der Waals surface area contributed by atoms with Crippen molar-refractivity contribution in [3.63, 3.8) is 0 Å². The Morgan fingerprint density at radius 1 is 1.26 bits per heavy atom. The number of ether oxygens (including phenoxy) is 1. The number of rotatable bonds is 5. The van der Waals surface area contributed by atoms with Crippen LogP contribution >= 0.6 is 0 Å². The van der Waals surface area contributed by atoms with E-state index in [1.54, 1.807) is 18.5 Å². The lowest BCUT2D eigenvalue weighted by Gasteiger charge is -2.07. The zero-order valence-electron chi connectivity index (χ0n) is 10.9. The summed E-state index contributed by atoms with van der Waals surface area (Å²) in [6.07, 6.45) is 4.27. The number of aromatic nitrogens is 3. The van der Waals surface area contributed by atoms with E-state index in [0.29, 0.717) is 30.4 Å². The zero-order chi connectivity index (χ0) is 13.7. The molecule has 2 rings (SSSR count). The SMILES string of the molecule is CCNc1ncc(F)c(-c2cncc(OCC)c2)n1. The first-order chi connectivity index (χ1) is 9.24. The van der Waals surface area contributed by atoms with Gasteiger partial charge >= 0.3 is 0 Å². The molecule has 0 fully saturated rings. The van der Waals surface area contributed by atoms with Gasteiger partial charge in [0.05, 0.1) is 19.0 Å². The van der Waals surface area contributed by atoms with E-state index in [0.717, 1.165) is 6.20 Å². The average Bonchev–Trinajstić information content (AvgIpc) is 2.42. The van der Waals surface area contributed by atoms with Gasteiger partial charge in [0, 0.05) is 18.3 Å². The molecule has 0 atom stereocenters. The number of halogens is 1. The second kappa shape index (κ2) is 6.08. The molecule has 0 bridgehead atoms. The molecule has 2 aromatic heterocycles. The van der Waals surface area contributed by atoms with Crippen molar-refractivity contribution in [2.45, 2.75) is 13.8 Å². The maximum Gasteiger partial charge on any atom is 0.223 e. The van der Waals surface area contributed by atoms with Crippen LogP contribution in [0.5, 0.6) is 5.75 Å². The molecule has 0 saturated heterocycles. The highest BCUT2D eigenvalue weighted by molar-refractivity contribution is 5.61. The van der Waals surface area contributed by atoms with E-state index in [9.17, 15) is 4.39 Å². The molecule has 5 nitrogen and oxygen atoms in total. The third-order valence-corrected chi connectivity index (χ3v) is 2.38. The Morgan fingerprint density at radius 2 is 2.11 bits per heavy atom. The van der Waals surface area contributed by atoms with E-state index in [2.05, 4.69) is 20.3 Å². The summed E-state index contributed by atoms with van der Waals surface area (Å²) in [6, 6.07) is 1.71. The molecule has 0 aromatic carbocycles. The lowest BCUT2D eigenvalue weighted by molar-refractivity contribution is 0.339. The van der Waals surface area contributed by atoms with Crippen LogP contribution in [-0.2, 0) is 0 Å². The van der Waals surface area contributed by atoms with Gasteiger partial charge in [-0.15, -0.1) is 0 Å². The van der Waals surface area contributed by atoms with Crippen LogP contribution in [0.15, 0.2) is 24.7 Å². The molecule has 0 aliphatic carbocycles. The summed E-state index contributed by atoms with van der Waals surface area (Å²) in [6.45, 7) is 4.99. The van der Waals surface area contributed by atoms with Crippen molar-refractivity contribution in [2.75, 3.05) is 18.5 Å². The molecule has 19 heavy (non-hydrogen) atoms. The highest BCUT2D eigenvalue weighted by atomic mass is 19.1. The highest BCUT2D eigenvalue weighted by Gasteiger charge is 2.10. The molecular weight excluding hydrogens is 247 g/mol. The van der Waals surface area contributed by atoms with Gasteiger partial charge in [-0.2, -0.15) is 0 Å². The van der Waals surface area contributed by atoms with Crippen molar-refractivity contribution in [2.24, 2.45) is 0 Å². The summed E-state index contributed by atoms with van der Waals surface area (Å²) in [7, 11) is 0. The van der Waals surface area contributed by atoms with E-state index in [4.69, 9.17) is 4.74 Å². The molecule has 0 spiro atoms. The van der Waals surface area contributed by atoms with Gasteiger partial charge in [0.25, 0.3) is 0 Å². The molecule has 2 heterocycles. The lowest BCUT2D eigenvalue weighted by Crippen LogP contribution is -2.04. The number of nitrogens with zero attached hydrogens (tertiary/aromatic N) is 3. The van der Waals surface area contributed by atoms with Gasteiger partial charge in [-0.05, 0) is 19.9 Å². The third-order valence-electron chi connectivity index (χ3n) is 2.38. The summed E-state index contributed by atoms with van der Waals surface area (Å²) in [5, 5.41) is 2.94. The molecule has 0 aliphatic rings. The number of hydrogen-bond acceptors (Lipinski definition) is 5. The Hall–Kier alpha value is -2.24. The van der Waals surface area contributed by atoms with E-state index in [1.807, 2.05) is 13.8 Å². The number of pyridine rings is 1. The summed E-state index contributed by atoms with van der Waals surface area (Å²) in [5.74, 6) is 0.487. The molecule has 100 valence electrons. The van der Waals surface area contributed by atoms with Crippen LogP contribution in [0.25, 0.3) is 11.3 Å². The maximum atomic E-state index is 13.8. The topological polar surface area (TPSA) is 59.9 Å². The van der Waals surface area contributed by atoms with Gasteiger partial charge in [0.1, 0.15) is 11.4 Å². The zero-order valence-corrected chi connectivity index (χ0v) is 10.9. The highest BCUT2D eigenvalue weighted by Crippen LogP contribution is 2.23. The monoisotopic (exact) mass is 262 g/mol. The number of nitrogens with one attached hydrogen (secondary N) is 1. The molecular formula is C13H15FN4O. The van der Waals surface area contributed by atoms with Crippen LogP contribution < -0.4 is 10.1 Å². The fourth-order valence-corrected chi connectivity index (χ4v) is 1.61. The summed E-state index contributed by atoms with van der Waals surface area (Å²) in [5.41, 5.74) is 0.769. The van der Waals surface area contributed by atoms with Crippen molar-refractivity contribution in [3.8, 4) is 17.0 Å². The molecule has 0 unspecified atom stereocenters. The minimum absolute atomic E-state index is 0.208. The minimum Gasteiger partial charge on any atom is -0.492 e. The molecule has 6 heteroatoms. The van der Waals surface area contributed by atoms with E-state index in [1.165, 1.54) is 0 Å². The fourth-order valence-electron chi connectivity index (χ4n) is 1.61.